The lowest BCUT2D eigenvalue weighted by molar-refractivity contribution is -0.121. The summed E-state index contributed by atoms with van der Waals surface area (Å²) in [5.41, 5.74) is 5.15. The van der Waals surface area contributed by atoms with Crippen molar-refractivity contribution in [2.45, 2.75) is 19.9 Å². The van der Waals surface area contributed by atoms with Crippen LogP contribution in [0.5, 0.6) is 0 Å². The van der Waals surface area contributed by atoms with Crippen LogP contribution in [0, 0.1) is 6.92 Å². The molecular formula is C22H18BrN5O3. The summed E-state index contributed by atoms with van der Waals surface area (Å²) in [6.45, 7) is 1.41. The highest BCUT2D eigenvalue weighted by atomic mass is 79.9. The van der Waals surface area contributed by atoms with Crippen molar-refractivity contribution in [1.82, 2.24) is 20.4 Å². The first-order chi connectivity index (χ1) is 15.0. The Morgan fingerprint density at radius 2 is 1.94 bits per heavy atom. The number of aryl methyl sites for hydroxylation is 1. The van der Waals surface area contributed by atoms with E-state index < -0.39 is 11.5 Å². The molecule has 0 saturated heterocycles. The number of hydrazone groups is 1. The summed E-state index contributed by atoms with van der Waals surface area (Å²) in [5.74, 6) is -0.470. The molecule has 4 rings (SSSR count). The Labute approximate surface area is 185 Å². The van der Waals surface area contributed by atoms with Gasteiger partial charge in [0.25, 0.3) is 11.5 Å². The van der Waals surface area contributed by atoms with Crippen molar-refractivity contribution < 1.29 is 9.32 Å². The van der Waals surface area contributed by atoms with Gasteiger partial charge in [-0.05, 0) is 30.2 Å². The minimum Gasteiger partial charge on any atom is -0.354 e. The van der Waals surface area contributed by atoms with Gasteiger partial charge in [-0.25, -0.2) is 10.1 Å². The highest BCUT2D eigenvalue weighted by molar-refractivity contribution is 9.10. The quantitative estimate of drug-likeness (QED) is 0.337. The number of halogens is 1. The van der Waals surface area contributed by atoms with Crippen LogP contribution in [0.4, 0.5) is 0 Å². The van der Waals surface area contributed by atoms with Crippen molar-refractivity contribution in [3.05, 3.63) is 91.9 Å². The van der Waals surface area contributed by atoms with Crippen LogP contribution in [0.2, 0.25) is 0 Å². The van der Waals surface area contributed by atoms with E-state index in [1.54, 1.807) is 6.92 Å². The van der Waals surface area contributed by atoms with Gasteiger partial charge in [0.1, 0.15) is 17.6 Å². The summed E-state index contributed by atoms with van der Waals surface area (Å²) in [5, 5.41) is 12.6. The van der Waals surface area contributed by atoms with Gasteiger partial charge < -0.3 is 4.52 Å². The van der Waals surface area contributed by atoms with E-state index in [1.807, 2.05) is 54.6 Å². The molecule has 156 valence electrons. The molecule has 0 spiro atoms. The monoisotopic (exact) mass is 479 g/mol. The fourth-order valence-corrected chi connectivity index (χ4v) is 3.36. The van der Waals surface area contributed by atoms with Gasteiger partial charge in [-0.15, -0.1) is 0 Å². The van der Waals surface area contributed by atoms with E-state index in [0.29, 0.717) is 28.8 Å². The Kier molecular flexibility index (Phi) is 6.03. The number of carbonyl (C=O) groups excluding carboxylic acids is 1. The molecule has 2 heterocycles. The first-order valence-corrected chi connectivity index (χ1v) is 10.3. The Balaban J connectivity index is 1.57. The molecule has 0 unspecified atom stereocenters. The molecule has 31 heavy (non-hydrogen) atoms. The predicted octanol–water partition coefficient (Wildman–Crippen LogP) is 3.20. The maximum Gasteiger partial charge on any atom is 0.280 e. The molecule has 9 heteroatoms. The predicted molar refractivity (Wildman–Crippen MR) is 120 cm³/mol. The Bertz CT molecular complexity index is 1310. The third kappa shape index (κ3) is 4.77. The third-order valence-electron chi connectivity index (χ3n) is 4.60. The lowest BCUT2D eigenvalue weighted by atomic mass is 10.1. The van der Waals surface area contributed by atoms with E-state index in [9.17, 15) is 9.59 Å². The number of fused-ring (bicyclic) bond motifs is 1. The number of carbonyl (C=O) groups is 1. The molecule has 4 aromatic rings. The maximum atomic E-state index is 12.9. The van der Waals surface area contributed by atoms with Crippen molar-refractivity contribution in [2.75, 3.05) is 0 Å². The minimum absolute atomic E-state index is 0.279. The van der Waals surface area contributed by atoms with Crippen LogP contribution in [0.25, 0.3) is 11.0 Å². The van der Waals surface area contributed by atoms with Crippen molar-refractivity contribution >= 4 is 39.0 Å². The Hall–Kier alpha value is -3.59. The van der Waals surface area contributed by atoms with E-state index in [2.05, 4.69) is 36.7 Å². The number of nitrogens with zero attached hydrogens (tertiary/aromatic N) is 4. The van der Waals surface area contributed by atoms with Gasteiger partial charge in [0.2, 0.25) is 0 Å². The average molecular weight is 480 g/mol. The molecule has 0 aliphatic carbocycles. The van der Waals surface area contributed by atoms with Gasteiger partial charge in [0.15, 0.2) is 5.58 Å². The highest BCUT2D eigenvalue weighted by Gasteiger charge is 2.19. The lowest BCUT2D eigenvalue weighted by Crippen LogP contribution is -2.32. The number of hydrogen-bond donors (Lipinski definition) is 1. The van der Waals surface area contributed by atoms with Crippen LogP contribution >= 0.6 is 15.9 Å². The zero-order valence-corrected chi connectivity index (χ0v) is 18.2. The van der Waals surface area contributed by atoms with Crippen LogP contribution in [-0.2, 0) is 17.8 Å². The van der Waals surface area contributed by atoms with Gasteiger partial charge in [-0.2, -0.15) is 10.2 Å². The van der Waals surface area contributed by atoms with Crippen molar-refractivity contribution in [2.24, 2.45) is 5.10 Å². The van der Waals surface area contributed by atoms with Crippen molar-refractivity contribution in [3.63, 3.8) is 0 Å². The molecule has 0 saturated carbocycles. The molecule has 0 radical (unpaired) electrons. The van der Waals surface area contributed by atoms with Crippen LogP contribution < -0.4 is 11.0 Å². The third-order valence-corrected chi connectivity index (χ3v) is 5.12. The first-order valence-electron chi connectivity index (χ1n) is 9.48. The molecule has 0 bridgehead atoms. The molecule has 0 atom stereocenters. The minimum atomic E-state index is -0.470. The fourth-order valence-electron chi connectivity index (χ4n) is 3.10. The molecule has 0 aliphatic heterocycles. The topological polar surface area (TPSA) is 102 Å². The number of aromatic nitrogens is 3. The summed E-state index contributed by atoms with van der Waals surface area (Å²) >= 11 is 3.36. The van der Waals surface area contributed by atoms with Crippen molar-refractivity contribution in [3.8, 4) is 0 Å². The molecular weight excluding hydrogens is 462 g/mol. The number of rotatable bonds is 6. The van der Waals surface area contributed by atoms with Crippen LogP contribution in [0.15, 0.2) is 73.5 Å². The Morgan fingerprint density at radius 1 is 1.19 bits per heavy atom. The van der Waals surface area contributed by atoms with E-state index in [1.165, 1.54) is 6.21 Å². The van der Waals surface area contributed by atoms with Gasteiger partial charge in [-0.1, -0.05) is 63.6 Å². The molecule has 2 aromatic heterocycles. The summed E-state index contributed by atoms with van der Waals surface area (Å²) in [6, 6.07) is 17.1. The largest absolute Gasteiger partial charge is 0.354 e. The summed E-state index contributed by atoms with van der Waals surface area (Å²) in [6.07, 6.45) is 1.96. The van der Waals surface area contributed by atoms with E-state index in [4.69, 9.17) is 4.52 Å². The summed E-state index contributed by atoms with van der Waals surface area (Å²) < 4.78 is 7.43. The second-order valence-corrected chi connectivity index (χ2v) is 7.80. The van der Waals surface area contributed by atoms with E-state index in [-0.39, 0.29) is 6.54 Å². The van der Waals surface area contributed by atoms with Gasteiger partial charge >= 0.3 is 0 Å². The lowest BCUT2D eigenvalue weighted by Gasteiger charge is -2.07. The average Bonchev–Trinajstić information content (AvgIpc) is 3.16. The number of amides is 1. The number of nitrogens with one attached hydrogen (secondary N) is 1. The molecule has 1 N–H and O–H groups in total. The maximum absolute atomic E-state index is 12.9. The molecule has 8 nitrogen and oxygen atoms in total. The smallest absolute Gasteiger partial charge is 0.280 e. The Morgan fingerprint density at radius 3 is 2.68 bits per heavy atom. The molecule has 2 aromatic carbocycles. The standard InChI is InChI=1S/C22H18BrN5O3/c1-14-20-21(31-27-14)18(11-15-5-3-2-4-6-15)26-28(22(20)30)13-19(29)25-24-12-16-7-9-17(23)10-8-16/h2-10,12H,11,13H2,1H3,(H,25,29)/b24-12-. The second-order valence-electron chi connectivity index (χ2n) is 6.89. The fraction of sp³-hybridized carbons (Fsp3) is 0.136. The SMILES string of the molecule is Cc1noc2c(Cc3ccccc3)nn(CC(=O)N/N=C\c3ccc(Br)cc3)c(=O)c12. The van der Waals surface area contributed by atoms with Crippen LogP contribution in [0.1, 0.15) is 22.5 Å². The number of benzene rings is 2. The van der Waals surface area contributed by atoms with Crippen LogP contribution in [0.3, 0.4) is 0 Å². The second kappa shape index (κ2) is 9.05. The first kappa shape index (κ1) is 20.7. The summed E-state index contributed by atoms with van der Waals surface area (Å²) in [7, 11) is 0. The van der Waals surface area contributed by atoms with E-state index in [0.717, 1.165) is 20.3 Å². The highest BCUT2D eigenvalue weighted by Crippen LogP contribution is 2.19. The zero-order chi connectivity index (χ0) is 21.8. The molecule has 0 aliphatic rings. The van der Waals surface area contributed by atoms with Gasteiger partial charge in [0, 0.05) is 10.9 Å². The summed E-state index contributed by atoms with van der Waals surface area (Å²) in [4.78, 5) is 25.2. The van der Waals surface area contributed by atoms with E-state index >= 15 is 0 Å². The molecule has 1 amide bonds. The van der Waals surface area contributed by atoms with Crippen LogP contribution in [-0.4, -0.2) is 27.1 Å². The number of hydrogen-bond acceptors (Lipinski definition) is 6. The normalized spacial score (nSPS) is 11.3. The molecule has 0 fully saturated rings. The van der Waals surface area contributed by atoms with Gasteiger partial charge in [0.05, 0.1) is 11.9 Å². The zero-order valence-electron chi connectivity index (χ0n) is 16.6. The van der Waals surface area contributed by atoms with Crippen molar-refractivity contribution in [1.29, 1.82) is 0 Å². The van der Waals surface area contributed by atoms with Gasteiger partial charge in [-0.3, -0.25) is 9.59 Å².